The number of hydrogen-bond donors (Lipinski definition) is 0. The van der Waals surface area contributed by atoms with Gasteiger partial charge in [0, 0.05) is 36.0 Å². The normalized spacial score (nSPS) is 11.0. The summed E-state index contributed by atoms with van der Waals surface area (Å²) >= 11 is 0. The van der Waals surface area contributed by atoms with Gasteiger partial charge in [-0.05, 0) is 48.1 Å². The number of pyridine rings is 1. The minimum atomic E-state index is -0.457. The van der Waals surface area contributed by atoms with Gasteiger partial charge >= 0.3 is 6.09 Å². The summed E-state index contributed by atoms with van der Waals surface area (Å²) < 4.78 is 11.4. The average molecular weight is 485 g/mol. The highest BCUT2D eigenvalue weighted by atomic mass is 16.6. The number of nitrogens with zero attached hydrogens (tertiary/aromatic N) is 4. The monoisotopic (exact) mass is 484 g/mol. The molecule has 0 aliphatic rings. The molecule has 2 heterocycles. The SMILES string of the molecule is CCc1nc(N(CCC(C)C)C(=O)OCc2ccccc2)nc2cc(OC)c(-c3ccncc3)cc12. The van der Waals surface area contributed by atoms with Crippen LogP contribution in [-0.4, -0.2) is 34.7 Å². The van der Waals surface area contributed by atoms with Crippen LogP contribution >= 0.6 is 0 Å². The van der Waals surface area contributed by atoms with Crippen molar-refractivity contribution in [2.45, 2.75) is 40.2 Å². The van der Waals surface area contributed by atoms with Gasteiger partial charge in [-0.1, -0.05) is 51.1 Å². The maximum atomic E-state index is 13.2. The number of carbonyl (C=O) groups excluding carboxylic acids is 1. The Hall–Kier alpha value is -4.00. The number of aryl methyl sites for hydroxylation is 1. The summed E-state index contributed by atoms with van der Waals surface area (Å²) in [6.45, 7) is 6.95. The van der Waals surface area contributed by atoms with Crippen molar-refractivity contribution >= 4 is 22.9 Å². The Morgan fingerprint density at radius 1 is 1.03 bits per heavy atom. The lowest BCUT2D eigenvalue weighted by atomic mass is 10.0. The fraction of sp³-hybridized carbons (Fsp3) is 0.310. The van der Waals surface area contributed by atoms with Gasteiger partial charge in [0.1, 0.15) is 12.4 Å². The van der Waals surface area contributed by atoms with Crippen LogP contribution in [0.4, 0.5) is 10.7 Å². The van der Waals surface area contributed by atoms with Crippen LogP contribution in [0.3, 0.4) is 0 Å². The van der Waals surface area contributed by atoms with Crippen molar-refractivity contribution in [3.63, 3.8) is 0 Å². The molecule has 7 heteroatoms. The van der Waals surface area contributed by atoms with Crippen LogP contribution in [0.5, 0.6) is 5.75 Å². The molecule has 0 N–H and O–H groups in total. The zero-order chi connectivity index (χ0) is 25.5. The standard InChI is InChI=1S/C29H32N4O3/c1-5-25-24-17-23(22-11-14-30-15-12-22)27(35-4)18-26(24)32-28(31-25)33(16-13-20(2)3)29(34)36-19-21-9-7-6-8-10-21/h6-12,14-15,17-18,20H,5,13,16,19H2,1-4H3. The molecule has 2 aromatic carbocycles. The van der Waals surface area contributed by atoms with E-state index in [1.165, 1.54) is 0 Å². The van der Waals surface area contributed by atoms with Crippen molar-refractivity contribution in [2.75, 3.05) is 18.6 Å². The zero-order valence-electron chi connectivity index (χ0n) is 21.3. The minimum absolute atomic E-state index is 0.190. The number of hydrogen-bond acceptors (Lipinski definition) is 6. The number of aromatic nitrogens is 3. The first-order valence-electron chi connectivity index (χ1n) is 12.3. The van der Waals surface area contributed by atoms with E-state index in [4.69, 9.17) is 19.4 Å². The van der Waals surface area contributed by atoms with Crippen molar-refractivity contribution in [3.05, 3.63) is 78.2 Å². The third-order valence-electron chi connectivity index (χ3n) is 6.01. The predicted octanol–water partition coefficient (Wildman–Crippen LogP) is 6.45. The van der Waals surface area contributed by atoms with Gasteiger partial charge in [0.25, 0.3) is 0 Å². The summed E-state index contributed by atoms with van der Waals surface area (Å²) in [6, 6.07) is 17.5. The molecule has 0 saturated heterocycles. The van der Waals surface area contributed by atoms with E-state index in [9.17, 15) is 4.79 Å². The molecule has 0 fully saturated rings. The topological polar surface area (TPSA) is 77.4 Å². The van der Waals surface area contributed by atoms with Gasteiger partial charge in [-0.3, -0.25) is 4.98 Å². The first-order valence-corrected chi connectivity index (χ1v) is 12.3. The van der Waals surface area contributed by atoms with E-state index >= 15 is 0 Å². The van der Waals surface area contributed by atoms with Crippen molar-refractivity contribution in [1.82, 2.24) is 15.0 Å². The highest BCUT2D eigenvalue weighted by molar-refractivity contribution is 5.92. The van der Waals surface area contributed by atoms with E-state index in [2.05, 4.69) is 24.9 Å². The zero-order valence-corrected chi connectivity index (χ0v) is 21.3. The van der Waals surface area contributed by atoms with E-state index in [-0.39, 0.29) is 6.61 Å². The second-order valence-corrected chi connectivity index (χ2v) is 9.00. The molecule has 0 saturated carbocycles. The molecular weight excluding hydrogens is 452 g/mol. The van der Waals surface area contributed by atoms with E-state index in [1.54, 1.807) is 24.4 Å². The summed E-state index contributed by atoms with van der Waals surface area (Å²) in [6.07, 6.45) is 4.54. The van der Waals surface area contributed by atoms with Gasteiger partial charge in [0.05, 0.1) is 18.3 Å². The van der Waals surface area contributed by atoms with Crippen LogP contribution in [0.15, 0.2) is 67.0 Å². The molecule has 2 aromatic heterocycles. The molecule has 0 atom stereocenters. The Labute approximate surface area is 212 Å². The number of ether oxygens (including phenoxy) is 2. The number of amides is 1. The molecule has 4 rings (SSSR count). The van der Waals surface area contributed by atoms with Gasteiger partial charge in [-0.15, -0.1) is 0 Å². The third-order valence-corrected chi connectivity index (χ3v) is 6.01. The number of fused-ring (bicyclic) bond motifs is 1. The maximum absolute atomic E-state index is 13.2. The highest BCUT2D eigenvalue weighted by Crippen LogP contribution is 2.35. The largest absolute Gasteiger partial charge is 0.496 e. The number of rotatable bonds is 9. The Morgan fingerprint density at radius 2 is 1.78 bits per heavy atom. The highest BCUT2D eigenvalue weighted by Gasteiger charge is 2.23. The van der Waals surface area contributed by atoms with Gasteiger partial charge in [0.2, 0.25) is 5.95 Å². The first kappa shape index (κ1) is 25.1. The van der Waals surface area contributed by atoms with Gasteiger partial charge in [0.15, 0.2) is 0 Å². The molecule has 0 aliphatic carbocycles. The lowest BCUT2D eigenvalue weighted by Gasteiger charge is -2.22. The van der Waals surface area contributed by atoms with Crippen molar-refractivity contribution in [3.8, 4) is 16.9 Å². The smallest absolute Gasteiger partial charge is 0.417 e. The van der Waals surface area contributed by atoms with Gasteiger partial charge in [-0.25, -0.2) is 19.7 Å². The van der Waals surface area contributed by atoms with Crippen molar-refractivity contribution < 1.29 is 14.3 Å². The molecule has 7 nitrogen and oxygen atoms in total. The van der Waals surface area contributed by atoms with Crippen LogP contribution < -0.4 is 9.64 Å². The maximum Gasteiger partial charge on any atom is 0.417 e. The molecule has 0 aliphatic heterocycles. The summed E-state index contributed by atoms with van der Waals surface area (Å²) in [7, 11) is 1.64. The first-order chi connectivity index (χ1) is 17.5. The van der Waals surface area contributed by atoms with Gasteiger partial charge < -0.3 is 9.47 Å². The summed E-state index contributed by atoms with van der Waals surface area (Å²) in [5.41, 5.74) is 4.45. The van der Waals surface area contributed by atoms with Crippen LogP contribution in [0.1, 0.15) is 38.4 Å². The number of benzene rings is 2. The molecule has 36 heavy (non-hydrogen) atoms. The summed E-state index contributed by atoms with van der Waals surface area (Å²) in [5, 5.41) is 0.926. The second kappa shape index (κ2) is 11.6. The lowest BCUT2D eigenvalue weighted by molar-refractivity contribution is 0.146. The number of methoxy groups -OCH3 is 1. The molecular formula is C29H32N4O3. The Bertz CT molecular complexity index is 1310. The fourth-order valence-electron chi connectivity index (χ4n) is 3.98. The van der Waals surface area contributed by atoms with E-state index in [0.29, 0.717) is 30.6 Å². The molecule has 0 spiro atoms. The third kappa shape index (κ3) is 5.79. The molecule has 186 valence electrons. The van der Waals surface area contributed by atoms with Crippen LogP contribution in [0.2, 0.25) is 0 Å². The molecule has 4 aromatic rings. The quantitative estimate of drug-likeness (QED) is 0.272. The Morgan fingerprint density at radius 3 is 2.44 bits per heavy atom. The minimum Gasteiger partial charge on any atom is -0.496 e. The lowest BCUT2D eigenvalue weighted by Crippen LogP contribution is -2.34. The van der Waals surface area contributed by atoms with Crippen molar-refractivity contribution in [2.24, 2.45) is 5.92 Å². The van der Waals surface area contributed by atoms with E-state index in [1.807, 2.05) is 55.5 Å². The van der Waals surface area contributed by atoms with Crippen LogP contribution in [0, 0.1) is 5.92 Å². The summed E-state index contributed by atoms with van der Waals surface area (Å²) in [4.78, 5) is 28.5. The van der Waals surface area contributed by atoms with Crippen LogP contribution in [-0.2, 0) is 17.8 Å². The molecule has 0 radical (unpaired) electrons. The molecule has 0 unspecified atom stereocenters. The average Bonchev–Trinajstić information content (AvgIpc) is 2.91. The fourth-order valence-corrected chi connectivity index (χ4v) is 3.98. The molecule has 0 bridgehead atoms. The van der Waals surface area contributed by atoms with Crippen LogP contribution in [0.25, 0.3) is 22.0 Å². The van der Waals surface area contributed by atoms with E-state index < -0.39 is 6.09 Å². The van der Waals surface area contributed by atoms with Crippen molar-refractivity contribution in [1.29, 1.82) is 0 Å². The number of carbonyl (C=O) groups is 1. The van der Waals surface area contributed by atoms with Gasteiger partial charge in [-0.2, -0.15) is 0 Å². The van der Waals surface area contributed by atoms with E-state index in [0.717, 1.165) is 39.7 Å². The Kier molecular flexibility index (Phi) is 8.10. The second-order valence-electron chi connectivity index (χ2n) is 9.00. The number of anilines is 1. The Balaban J connectivity index is 1.73. The summed E-state index contributed by atoms with van der Waals surface area (Å²) in [5.74, 6) is 1.45. The molecule has 1 amide bonds. The predicted molar refractivity (Wildman–Crippen MR) is 142 cm³/mol.